The summed E-state index contributed by atoms with van der Waals surface area (Å²) in [6.07, 6.45) is 3.14. The van der Waals surface area contributed by atoms with E-state index in [1.807, 2.05) is 6.26 Å². The van der Waals surface area contributed by atoms with Gasteiger partial charge in [-0.05, 0) is 49.1 Å². The van der Waals surface area contributed by atoms with Crippen molar-refractivity contribution in [3.63, 3.8) is 0 Å². The Labute approximate surface area is 168 Å². The molecule has 0 aliphatic carbocycles. The van der Waals surface area contributed by atoms with Crippen LogP contribution < -0.4 is 14.9 Å². The molecule has 2 aromatic carbocycles. The Hall–Kier alpha value is -2.52. The summed E-state index contributed by atoms with van der Waals surface area (Å²) in [5, 5.41) is 2.66. The molecular weight excluding hydrogens is 398 g/mol. The molecule has 0 saturated carbocycles. The zero-order valence-corrected chi connectivity index (χ0v) is 17.2. The Morgan fingerprint density at radius 1 is 1.18 bits per heavy atom. The van der Waals surface area contributed by atoms with Gasteiger partial charge in [-0.2, -0.15) is 0 Å². The number of hydrogen-bond acceptors (Lipinski definition) is 5. The number of anilines is 3. The summed E-state index contributed by atoms with van der Waals surface area (Å²) >= 11 is 1.41. The highest BCUT2D eigenvalue weighted by molar-refractivity contribution is 7.98. The lowest BCUT2D eigenvalue weighted by atomic mass is 10.2. The van der Waals surface area contributed by atoms with Crippen molar-refractivity contribution >= 4 is 50.7 Å². The Kier molecular flexibility index (Phi) is 5.95. The second kappa shape index (κ2) is 8.24. The Morgan fingerprint density at radius 3 is 2.61 bits per heavy atom. The SMILES string of the molecule is CSc1ccc(S(=O)(=O)Nc2cccc(N3CCCC3=O)c2)cc1NC(C)=O. The second-order valence-electron chi connectivity index (χ2n) is 6.35. The highest BCUT2D eigenvalue weighted by Crippen LogP contribution is 2.30. The lowest BCUT2D eigenvalue weighted by Crippen LogP contribution is -2.23. The number of carbonyl (C=O) groups is 2. The first kappa shape index (κ1) is 20.2. The normalized spacial score (nSPS) is 14.2. The molecule has 7 nitrogen and oxygen atoms in total. The molecule has 148 valence electrons. The zero-order chi connectivity index (χ0) is 20.3. The quantitative estimate of drug-likeness (QED) is 0.701. The fourth-order valence-electron chi connectivity index (χ4n) is 3.01. The van der Waals surface area contributed by atoms with Gasteiger partial charge in [0.1, 0.15) is 0 Å². The summed E-state index contributed by atoms with van der Waals surface area (Å²) in [6.45, 7) is 2.00. The predicted octanol–water partition coefficient (Wildman–Crippen LogP) is 3.29. The predicted molar refractivity (Wildman–Crippen MR) is 111 cm³/mol. The fraction of sp³-hybridized carbons (Fsp3) is 0.263. The first-order valence-electron chi connectivity index (χ1n) is 8.69. The molecule has 1 heterocycles. The van der Waals surface area contributed by atoms with Gasteiger partial charge >= 0.3 is 0 Å². The molecule has 1 fully saturated rings. The van der Waals surface area contributed by atoms with Crippen LogP contribution in [0.1, 0.15) is 19.8 Å². The zero-order valence-electron chi connectivity index (χ0n) is 15.6. The van der Waals surface area contributed by atoms with Crippen LogP contribution >= 0.6 is 11.8 Å². The van der Waals surface area contributed by atoms with Gasteiger partial charge in [0.15, 0.2) is 0 Å². The van der Waals surface area contributed by atoms with E-state index in [4.69, 9.17) is 0 Å². The van der Waals surface area contributed by atoms with E-state index in [-0.39, 0.29) is 16.7 Å². The number of sulfonamides is 1. The van der Waals surface area contributed by atoms with Crippen LogP contribution in [0.15, 0.2) is 52.3 Å². The molecule has 0 atom stereocenters. The van der Waals surface area contributed by atoms with Crippen LogP contribution in [-0.2, 0) is 19.6 Å². The molecule has 1 saturated heterocycles. The van der Waals surface area contributed by atoms with Crippen molar-refractivity contribution in [2.45, 2.75) is 29.6 Å². The maximum Gasteiger partial charge on any atom is 0.261 e. The van der Waals surface area contributed by atoms with E-state index < -0.39 is 10.0 Å². The van der Waals surface area contributed by atoms with Crippen molar-refractivity contribution in [2.24, 2.45) is 0 Å². The van der Waals surface area contributed by atoms with Crippen molar-refractivity contribution in [3.8, 4) is 0 Å². The van der Waals surface area contributed by atoms with E-state index in [2.05, 4.69) is 10.0 Å². The molecule has 0 bridgehead atoms. The summed E-state index contributed by atoms with van der Waals surface area (Å²) in [5.41, 5.74) is 1.48. The fourth-order valence-corrected chi connectivity index (χ4v) is 4.62. The highest BCUT2D eigenvalue weighted by Gasteiger charge is 2.22. The topological polar surface area (TPSA) is 95.6 Å². The van der Waals surface area contributed by atoms with Crippen molar-refractivity contribution in [3.05, 3.63) is 42.5 Å². The minimum atomic E-state index is -3.86. The largest absolute Gasteiger partial charge is 0.325 e. The van der Waals surface area contributed by atoms with Gasteiger partial charge in [-0.25, -0.2) is 8.42 Å². The minimum absolute atomic E-state index is 0.0348. The molecule has 28 heavy (non-hydrogen) atoms. The summed E-state index contributed by atoms with van der Waals surface area (Å²) in [7, 11) is -3.86. The van der Waals surface area contributed by atoms with Gasteiger partial charge in [-0.1, -0.05) is 6.07 Å². The van der Waals surface area contributed by atoms with Gasteiger partial charge in [0.25, 0.3) is 10.0 Å². The number of carbonyl (C=O) groups excluding carboxylic acids is 2. The number of nitrogens with one attached hydrogen (secondary N) is 2. The molecular formula is C19H21N3O4S2. The summed E-state index contributed by atoms with van der Waals surface area (Å²) < 4.78 is 28.2. The van der Waals surface area contributed by atoms with Crippen LogP contribution in [0.4, 0.5) is 17.1 Å². The van der Waals surface area contributed by atoms with Gasteiger partial charge < -0.3 is 10.2 Å². The van der Waals surface area contributed by atoms with Crippen LogP contribution in [0.5, 0.6) is 0 Å². The number of amides is 2. The maximum absolute atomic E-state index is 12.8. The molecule has 1 aliphatic rings. The van der Waals surface area contributed by atoms with Gasteiger partial charge in [0.05, 0.1) is 16.3 Å². The summed E-state index contributed by atoms with van der Waals surface area (Å²) in [6, 6.07) is 11.3. The molecule has 1 aliphatic heterocycles. The lowest BCUT2D eigenvalue weighted by molar-refractivity contribution is -0.117. The molecule has 0 unspecified atom stereocenters. The molecule has 0 aromatic heterocycles. The van der Waals surface area contributed by atoms with Crippen molar-refractivity contribution in [1.82, 2.24) is 0 Å². The lowest BCUT2D eigenvalue weighted by Gasteiger charge is -2.17. The molecule has 0 spiro atoms. The minimum Gasteiger partial charge on any atom is -0.325 e. The Bertz CT molecular complexity index is 1020. The van der Waals surface area contributed by atoms with E-state index in [0.29, 0.717) is 30.0 Å². The standard InChI is InChI=1S/C19H21N3O4S2/c1-13(23)20-17-12-16(8-9-18(17)27-2)28(25,26)21-14-5-3-6-15(11-14)22-10-4-7-19(22)24/h3,5-6,8-9,11-12,21H,4,7,10H2,1-2H3,(H,20,23). The maximum atomic E-state index is 12.8. The molecule has 3 rings (SSSR count). The van der Waals surface area contributed by atoms with E-state index >= 15 is 0 Å². The highest BCUT2D eigenvalue weighted by atomic mass is 32.2. The third-order valence-electron chi connectivity index (χ3n) is 4.28. The Balaban J connectivity index is 1.88. The third kappa shape index (κ3) is 4.48. The van der Waals surface area contributed by atoms with E-state index in [9.17, 15) is 18.0 Å². The monoisotopic (exact) mass is 419 g/mol. The summed E-state index contributed by atoms with van der Waals surface area (Å²) in [5.74, 6) is -0.242. The molecule has 2 N–H and O–H groups in total. The molecule has 0 radical (unpaired) electrons. The van der Waals surface area contributed by atoms with Gasteiger partial charge in [0.2, 0.25) is 11.8 Å². The third-order valence-corrected chi connectivity index (χ3v) is 6.45. The van der Waals surface area contributed by atoms with Gasteiger partial charge in [-0.15, -0.1) is 11.8 Å². The van der Waals surface area contributed by atoms with Crippen molar-refractivity contribution < 1.29 is 18.0 Å². The van der Waals surface area contributed by atoms with Crippen LogP contribution in [0, 0.1) is 0 Å². The first-order valence-corrected chi connectivity index (χ1v) is 11.4. The average molecular weight is 420 g/mol. The first-order chi connectivity index (χ1) is 13.3. The number of rotatable bonds is 6. The average Bonchev–Trinajstić information content (AvgIpc) is 3.07. The number of thioether (sulfide) groups is 1. The van der Waals surface area contributed by atoms with Gasteiger partial charge in [-0.3, -0.25) is 14.3 Å². The second-order valence-corrected chi connectivity index (χ2v) is 8.88. The number of benzene rings is 2. The molecule has 9 heteroatoms. The van der Waals surface area contributed by atoms with E-state index in [1.54, 1.807) is 35.2 Å². The number of nitrogens with zero attached hydrogens (tertiary/aromatic N) is 1. The molecule has 2 amide bonds. The van der Waals surface area contributed by atoms with E-state index in [0.717, 1.165) is 11.3 Å². The van der Waals surface area contributed by atoms with Crippen LogP contribution in [0.3, 0.4) is 0 Å². The van der Waals surface area contributed by atoms with Crippen molar-refractivity contribution in [1.29, 1.82) is 0 Å². The number of hydrogen-bond donors (Lipinski definition) is 2. The van der Waals surface area contributed by atoms with Crippen molar-refractivity contribution in [2.75, 3.05) is 27.7 Å². The molecule has 2 aromatic rings. The smallest absolute Gasteiger partial charge is 0.261 e. The summed E-state index contributed by atoms with van der Waals surface area (Å²) in [4.78, 5) is 25.8. The van der Waals surface area contributed by atoms with E-state index in [1.165, 1.54) is 30.8 Å². The van der Waals surface area contributed by atoms with Crippen LogP contribution in [0.2, 0.25) is 0 Å². The van der Waals surface area contributed by atoms with Crippen LogP contribution in [-0.4, -0.2) is 33.0 Å². The van der Waals surface area contributed by atoms with Crippen LogP contribution in [0.25, 0.3) is 0 Å². The Morgan fingerprint density at radius 2 is 1.96 bits per heavy atom. The van der Waals surface area contributed by atoms with Gasteiger partial charge in [0, 0.05) is 30.5 Å².